The first-order valence-corrected chi connectivity index (χ1v) is 7.71. The van der Waals surface area contributed by atoms with Gasteiger partial charge in [-0.15, -0.1) is 0 Å². The summed E-state index contributed by atoms with van der Waals surface area (Å²) in [5, 5.41) is 6.25. The number of amides is 1. The SMILES string of the molecule is CCCc1nc(NC)cc(NCCC(=O)N(CC)CC)n1. The summed E-state index contributed by atoms with van der Waals surface area (Å²) < 4.78 is 0. The number of aryl methyl sites for hydroxylation is 1. The molecule has 0 radical (unpaired) electrons. The molecule has 1 heterocycles. The van der Waals surface area contributed by atoms with Crippen LogP contribution in [0.25, 0.3) is 0 Å². The molecule has 0 saturated heterocycles. The quantitative estimate of drug-likeness (QED) is 0.730. The second-order valence-electron chi connectivity index (χ2n) is 4.80. The third kappa shape index (κ3) is 5.57. The van der Waals surface area contributed by atoms with Crippen LogP contribution in [0.15, 0.2) is 6.07 Å². The van der Waals surface area contributed by atoms with Crippen molar-refractivity contribution in [2.24, 2.45) is 0 Å². The zero-order valence-electron chi connectivity index (χ0n) is 13.6. The second-order valence-corrected chi connectivity index (χ2v) is 4.80. The molecule has 0 aliphatic rings. The molecule has 6 nitrogen and oxygen atoms in total. The number of aromatic nitrogens is 2. The lowest BCUT2D eigenvalue weighted by atomic mass is 10.3. The Balaban J connectivity index is 2.58. The molecule has 0 aromatic carbocycles. The average Bonchev–Trinajstić information content (AvgIpc) is 2.48. The number of anilines is 2. The van der Waals surface area contributed by atoms with Crippen molar-refractivity contribution in [1.82, 2.24) is 14.9 Å². The highest BCUT2D eigenvalue weighted by molar-refractivity contribution is 5.76. The van der Waals surface area contributed by atoms with Gasteiger partial charge in [-0.05, 0) is 20.3 Å². The van der Waals surface area contributed by atoms with E-state index in [4.69, 9.17) is 0 Å². The molecular formula is C15H27N5O. The largest absolute Gasteiger partial charge is 0.373 e. The van der Waals surface area contributed by atoms with Crippen molar-refractivity contribution in [3.63, 3.8) is 0 Å². The summed E-state index contributed by atoms with van der Waals surface area (Å²) in [6, 6.07) is 1.86. The zero-order valence-corrected chi connectivity index (χ0v) is 13.6. The van der Waals surface area contributed by atoms with Crippen molar-refractivity contribution >= 4 is 17.5 Å². The molecule has 0 spiro atoms. The van der Waals surface area contributed by atoms with Crippen LogP contribution in [0, 0.1) is 0 Å². The van der Waals surface area contributed by atoms with Gasteiger partial charge in [-0.2, -0.15) is 0 Å². The molecule has 1 aromatic heterocycles. The maximum Gasteiger partial charge on any atom is 0.224 e. The van der Waals surface area contributed by atoms with Gasteiger partial charge in [0.25, 0.3) is 0 Å². The lowest BCUT2D eigenvalue weighted by Gasteiger charge is -2.18. The van der Waals surface area contributed by atoms with Gasteiger partial charge in [-0.1, -0.05) is 6.92 Å². The predicted molar refractivity (Wildman–Crippen MR) is 86.6 cm³/mol. The van der Waals surface area contributed by atoms with E-state index in [0.29, 0.717) is 13.0 Å². The first-order valence-electron chi connectivity index (χ1n) is 7.71. The van der Waals surface area contributed by atoms with Crippen LogP contribution in [-0.4, -0.2) is 47.5 Å². The zero-order chi connectivity index (χ0) is 15.7. The van der Waals surface area contributed by atoms with E-state index in [0.717, 1.165) is 43.4 Å². The molecule has 1 amide bonds. The number of carbonyl (C=O) groups is 1. The van der Waals surface area contributed by atoms with Crippen LogP contribution >= 0.6 is 0 Å². The summed E-state index contributed by atoms with van der Waals surface area (Å²) in [6.07, 6.45) is 2.33. The molecule has 0 bridgehead atoms. The van der Waals surface area contributed by atoms with Gasteiger partial charge in [0.15, 0.2) is 0 Å². The Morgan fingerprint density at radius 1 is 1.19 bits per heavy atom. The number of nitrogens with one attached hydrogen (secondary N) is 2. The van der Waals surface area contributed by atoms with Crippen molar-refractivity contribution < 1.29 is 4.79 Å². The summed E-state index contributed by atoms with van der Waals surface area (Å²) in [6.45, 7) is 8.19. The molecule has 1 rings (SSSR count). The maximum absolute atomic E-state index is 11.9. The van der Waals surface area contributed by atoms with E-state index in [-0.39, 0.29) is 5.91 Å². The molecule has 118 valence electrons. The minimum Gasteiger partial charge on any atom is -0.373 e. The summed E-state index contributed by atoms with van der Waals surface area (Å²) in [7, 11) is 1.84. The highest BCUT2D eigenvalue weighted by Crippen LogP contribution is 2.12. The van der Waals surface area contributed by atoms with Gasteiger partial charge in [0.1, 0.15) is 17.5 Å². The minimum atomic E-state index is 0.171. The second kappa shape index (κ2) is 9.15. The van der Waals surface area contributed by atoms with E-state index in [1.165, 1.54) is 0 Å². The fourth-order valence-electron chi connectivity index (χ4n) is 2.08. The maximum atomic E-state index is 11.9. The molecule has 2 N–H and O–H groups in total. The summed E-state index contributed by atoms with van der Waals surface area (Å²) >= 11 is 0. The van der Waals surface area contributed by atoms with Gasteiger partial charge < -0.3 is 15.5 Å². The fourth-order valence-corrected chi connectivity index (χ4v) is 2.08. The summed E-state index contributed by atoms with van der Waals surface area (Å²) in [5.74, 6) is 2.56. The van der Waals surface area contributed by atoms with Crippen LogP contribution in [0.4, 0.5) is 11.6 Å². The molecule has 6 heteroatoms. The number of rotatable bonds is 9. The third-order valence-electron chi connectivity index (χ3n) is 3.26. The Kier molecular flexibility index (Phi) is 7.50. The average molecular weight is 293 g/mol. The highest BCUT2D eigenvalue weighted by Gasteiger charge is 2.09. The van der Waals surface area contributed by atoms with E-state index >= 15 is 0 Å². The van der Waals surface area contributed by atoms with Gasteiger partial charge in [-0.25, -0.2) is 9.97 Å². The standard InChI is InChI=1S/C15H27N5O/c1-5-8-12-18-13(16-4)11-14(19-12)17-10-9-15(21)20(6-2)7-3/h11H,5-10H2,1-4H3,(H2,16,17,18,19). The first-order chi connectivity index (χ1) is 10.1. The van der Waals surface area contributed by atoms with Crippen LogP contribution in [0.3, 0.4) is 0 Å². The number of hydrogen-bond donors (Lipinski definition) is 2. The topological polar surface area (TPSA) is 70.2 Å². The summed E-state index contributed by atoms with van der Waals surface area (Å²) in [5.41, 5.74) is 0. The lowest BCUT2D eigenvalue weighted by molar-refractivity contribution is -0.130. The number of carbonyl (C=O) groups excluding carboxylic acids is 1. The Labute approximate surface area is 127 Å². The van der Waals surface area contributed by atoms with E-state index in [1.807, 2.05) is 31.9 Å². The van der Waals surface area contributed by atoms with Gasteiger partial charge in [0.2, 0.25) is 5.91 Å². The molecule has 21 heavy (non-hydrogen) atoms. The van der Waals surface area contributed by atoms with E-state index in [1.54, 1.807) is 0 Å². The first kappa shape index (κ1) is 17.2. The van der Waals surface area contributed by atoms with Gasteiger partial charge in [0, 0.05) is 45.6 Å². The molecule has 0 unspecified atom stereocenters. The van der Waals surface area contributed by atoms with Crippen molar-refractivity contribution in [3.8, 4) is 0 Å². The van der Waals surface area contributed by atoms with Crippen molar-refractivity contribution in [1.29, 1.82) is 0 Å². The highest BCUT2D eigenvalue weighted by atomic mass is 16.2. The molecule has 0 aliphatic heterocycles. The predicted octanol–water partition coefficient (Wildman–Crippen LogP) is 2.14. The fraction of sp³-hybridized carbons (Fsp3) is 0.667. The molecule has 0 atom stereocenters. The van der Waals surface area contributed by atoms with Crippen molar-refractivity contribution in [3.05, 3.63) is 11.9 Å². The van der Waals surface area contributed by atoms with Crippen molar-refractivity contribution in [2.45, 2.75) is 40.0 Å². The Hall–Kier alpha value is -1.85. The Bertz CT molecular complexity index is 446. The smallest absolute Gasteiger partial charge is 0.224 e. The molecule has 0 fully saturated rings. The minimum absolute atomic E-state index is 0.171. The Morgan fingerprint density at radius 3 is 2.43 bits per heavy atom. The normalized spacial score (nSPS) is 10.3. The van der Waals surface area contributed by atoms with Crippen LogP contribution in [0.2, 0.25) is 0 Å². The van der Waals surface area contributed by atoms with E-state index in [9.17, 15) is 4.79 Å². The number of hydrogen-bond acceptors (Lipinski definition) is 5. The van der Waals surface area contributed by atoms with Crippen LogP contribution in [0.5, 0.6) is 0 Å². The van der Waals surface area contributed by atoms with Crippen LogP contribution in [0.1, 0.15) is 39.4 Å². The summed E-state index contributed by atoms with van der Waals surface area (Å²) in [4.78, 5) is 22.6. The number of nitrogens with zero attached hydrogens (tertiary/aromatic N) is 3. The molecular weight excluding hydrogens is 266 g/mol. The van der Waals surface area contributed by atoms with E-state index < -0.39 is 0 Å². The lowest BCUT2D eigenvalue weighted by Crippen LogP contribution is -2.31. The molecule has 0 aliphatic carbocycles. The van der Waals surface area contributed by atoms with Crippen LogP contribution in [-0.2, 0) is 11.2 Å². The monoisotopic (exact) mass is 293 g/mol. The van der Waals surface area contributed by atoms with Crippen LogP contribution < -0.4 is 10.6 Å². The molecule has 1 aromatic rings. The Morgan fingerprint density at radius 2 is 1.86 bits per heavy atom. The van der Waals surface area contributed by atoms with Crippen molar-refractivity contribution in [2.75, 3.05) is 37.3 Å². The van der Waals surface area contributed by atoms with Gasteiger partial charge >= 0.3 is 0 Å². The van der Waals surface area contributed by atoms with Gasteiger partial charge in [0.05, 0.1) is 0 Å². The van der Waals surface area contributed by atoms with E-state index in [2.05, 4.69) is 27.5 Å². The molecule has 0 saturated carbocycles. The van der Waals surface area contributed by atoms with Gasteiger partial charge in [-0.3, -0.25) is 4.79 Å². The third-order valence-corrected chi connectivity index (χ3v) is 3.26.